The smallest absolute Gasteiger partial charge is 0.0480 e. The lowest BCUT2D eigenvalue weighted by Gasteiger charge is -2.07. The summed E-state index contributed by atoms with van der Waals surface area (Å²) in [6.07, 6.45) is 0. The van der Waals surface area contributed by atoms with Crippen molar-refractivity contribution in [3.05, 3.63) is 58.6 Å². The number of benzene rings is 2. The van der Waals surface area contributed by atoms with E-state index in [0.717, 1.165) is 10.0 Å². The van der Waals surface area contributed by atoms with Crippen LogP contribution >= 0.6 is 27.5 Å². The van der Waals surface area contributed by atoms with Gasteiger partial charge in [-0.05, 0) is 28.8 Å². The molecule has 0 nitrogen and oxygen atoms in total. The topological polar surface area (TPSA) is 0 Å². The first-order valence-electron chi connectivity index (χ1n) is 4.71. The second-order valence-corrected chi connectivity index (χ2v) is 4.48. The van der Waals surface area contributed by atoms with Crippen molar-refractivity contribution in [3.8, 4) is 11.1 Å². The van der Waals surface area contributed by atoms with Crippen LogP contribution in [0.1, 0.15) is 5.56 Å². The van der Waals surface area contributed by atoms with E-state index in [4.69, 9.17) is 11.6 Å². The van der Waals surface area contributed by atoms with E-state index in [1.807, 2.05) is 24.3 Å². The van der Waals surface area contributed by atoms with E-state index in [-0.39, 0.29) is 0 Å². The number of alkyl halides is 1. The zero-order valence-corrected chi connectivity index (χ0v) is 10.4. The second-order valence-electron chi connectivity index (χ2n) is 3.30. The number of hydrogen-bond donors (Lipinski definition) is 0. The van der Waals surface area contributed by atoms with Crippen LogP contribution in [0, 0.1) is 0 Å². The van der Waals surface area contributed by atoms with Crippen molar-refractivity contribution in [3.63, 3.8) is 0 Å². The summed E-state index contributed by atoms with van der Waals surface area (Å²) in [5.41, 5.74) is 3.56. The van der Waals surface area contributed by atoms with Crippen LogP contribution in [-0.4, -0.2) is 0 Å². The molecule has 2 rings (SSSR count). The summed E-state index contributed by atoms with van der Waals surface area (Å²) in [6.45, 7) is 0. The fourth-order valence-electron chi connectivity index (χ4n) is 1.57. The third-order valence-electron chi connectivity index (χ3n) is 2.30. The Bertz CT molecular complexity index is 451. The molecule has 0 radical (unpaired) electrons. The standard InChI is InChI=1S/C13H10BrCl/c14-12-6-7-13(11(8-12)9-15)10-4-2-1-3-5-10/h1-8H,9H2. The highest BCUT2D eigenvalue weighted by atomic mass is 79.9. The molecule has 15 heavy (non-hydrogen) atoms. The Labute approximate surface area is 103 Å². The van der Waals surface area contributed by atoms with Crippen LogP contribution in [0.3, 0.4) is 0 Å². The van der Waals surface area contributed by atoms with E-state index in [9.17, 15) is 0 Å². The molecule has 0 saturated heterocycles. The summed E-state index contributed by atoms with van der Waals surface area (Å²) in [6, 6.07) is 16.5. The summed E-state index contributed by atoms with van der Waals surface area (Å²) in [5.74, 6) is 0.531. The molecule has 0 saturated carbocycles. The predicted molar refractivity (Wildman–Crippen MR) is 69.1 cm³/mol. The molecule has 0 bridgehead atoms. The molecule has 0 aliphatic rings. The molecule has 0 fully saturated rings. The third kappa shape index (κ3) is 2.42. The Kier molecular flexibility index (Phi) is 3.45. The van der Waals surface area contributed by atoms with E-state index < -0.39 is 0 Å². The number of hydrogen-bond acceptors (Lipinski definition) is 0. The Balaban J connectivity index is 2.53. The molecule has 0 atom stereocenters. The fraction of sp³-hybridized carbons (Fsp3) is 0.0769. The molecular weight excluding hydrogens is 272 g/mol. The molecule has 2 aromatic carbocycles. The molecule has 76 valence electrons. The summed E-state index contributed by atoms with van der Waals surface area (Å²) < 4.78 is 1.07. The summed E-state index contributed by atoms with van der Waals surface area (Å²) >= 11 is 9.38. The first kappa shape index (κ1) is 10.7. The van der Waals surface area contributed by atoms with Crippen molar-refractivity contribution in [2.75, 3.05) is 0 Å². The van der Waals surface area contributed by atoms with Gasteiger partial charge in [-0.15, -0.1) is 11.6 Å². The highest BCUT2D eigenvalue weighted by Crippen LogP contribution is 2.27. The third-order valence-corrected chi connectivity index (χ3v) is 3.08. The van der Waals surface area contributed by atoms with Crippen molar-refractivity contribution in [2.45, 2.75) is 5.88 Å². The Hall–Kier alpha value is -0.790. The zero-order valence-electron chi connectivity index (χ0n) is 8.08. The maximum atomic E-state index is 5.93. The van der Waals surface area contributed by atoms with Crippen molar-refractivity contribution < 1.29 is 0 Å². The monoisotopic (exact) mass is 280 g/mol. The van der Waals surface area contributed by atoms with Gasteiger partial charge in [0.2, 0.25) is 0 Å². The van der Waals surface area contributed by atoms with E-state index in [2.05, 4.69) is 40.2 Å². The van der Waals surface area contributed by atoms with E-state index in [1.54, 1.807) is 0 Å². The summed E-state index contributed by atoms with van der Waals surface area (Å²) in [4.78, 5) is 0. The van der Waals surface area contributed by atoms with Gasteiger partial charge in [-0.25, -0.2) is 0 Å². The lowest BCUT2D eigenvalue weighted by Crippen LogP contribution is -1.86. The van der Waals surface area contributed by atoms with Gasteiger partial charge in [-0.2, -0.15) is 0 Å². The van der Waals surface area contributed by atoms with Gasteiger partial charge < -0.3 is 0 Å². The average molecular weight is 282 g/mol. The SMILES string of the molecule is ClCc1cc(Br)ccc1-c1ccccc1. The highest BCUT2D eigenvalue weighted by molar-refractivity contribution is 9.10. The minimum atomic E-state index is 0.531. The molecule has 0 aliphatic heterocycles. The van der Waals surface area contributed by atoms with Crippen LogP contribution in [0.15, 0.2) is 53.0 Å². The van der Waals surface area contributed by atoms with Gasteiger partial charge in [-0.1, -0.05) is 52.3 Å². The summed E-state index contributed by atoms with van der Waals surface area (Å²) in [5, 5.41) is 0. The minimum absolute atomic E-state index is 0.531. The van der Waals surface area contributed by atoms with Crippen molar-refractivity contribution in [1.82, 2.24) is 0 Å². The molecular formula is C13H10BrCl. The van der Waals surface area contributed by atoms with Gasteiger partial charge in [0, 0.05) is 10.4 Å². The van der Waals surface area contributed by atoms with E-state index in [1.165, 1.54) is 11.1 Å². The Morgan fingerprint density at radius 1 is 1.00 bits per heavy atom. The highest BCUT2D eigenvalue weighted by Gasteiger charge is 2.03. The molecule has 2 heteroatoms. The van der Waals surface area contributed by atoms with Gasteiger partial charge >= 0.3 is 0 Å². The van der Waals surface area contributed by atoms with Gasteiger partial charge in [-0.3, -0.25) is 0 Å². The Morgan fingerprint density at radius 2 is 1.73 bits per heavy atom. The van der Waals surface area contributed by atoms with Gasteiger partial charge in [0.15, 0.2) is 0 Å². The van der Waals surface area contributed by atoms with Crippen molar-refractivity contribution in [2.24, 2.45) is 0 Å². The Morgan fingerprint density at radius 3 is 2.40 bits per heavy atom. The van der Waals surface area contributed by atoms with Crippen molar-refractivity contribution in [1.29, 1.82) is 0 Å². The predicted octanol–water partition coefficient (Wildman–Crippen LogP) is 4.85. The van der Waals surface area contributed by atoms with Gasteiger partial charge in [0.25, 0.3) is 0 Å². The van der Waals surface area contributed by atoms with Gasteiger partial charge in [0.1, 0.15) is 0 Å². The number of halogens is 2. The zero-order chi connectivity index (χ0) is 10.7. The molecule has 0 amide bonds. The van der Waals surface area contributed by atoms with E-state index in [0.29, 0.717) is 5.88 Å². The first-order valence-corrected chi connectivity index (χ1v) is 6.04. The molecule has 0 aromatic heterocycles. The molecule has 0 unspecified atom stereocenters. The minimum Gasteiger partial charge on any atom is -0.122 e. The van der Waals surface area contributed by atoms with Crippen molar-refractivity contribution >= 4 is 27.5 Å². The molecule has 0 N–H and O–H groups in total. The van der Waals surface area contributed by atoms with Crippen LogP contribution in [-0.2, 0) is 5.88 Å². The molecule has 0 aliphatic carbocycles. The van der Waals surface area contributed by atoms with Crippen LogP contribution < -0.4 is 0 Å². The lowest BCUT2D eigenvalue weighted by atomic mass is 10.0. The maximum Gasteiger partial charge on any atom is 0.0480 e. The summed E-state index contributed by atoms with van der Waals surface area (Å²) in [7, 11) is 0. The average Bonchev–Trinajstić information content (AvgIpc) is 2.30. The number of rotatable bonds is 2. The van der Waals surface area contributed by atoms with Crippen LogP contribution in [0.25, 0.3) is 11.1 Å². The first-order chi connectivity index (χ1) is 7.31. The quantitative estimate of drug-likeness (QED) is 0.690. The maximum absolute atomic E-state index is 5.93. The normalized spacial score (nSPS) is 10.3. The largest absolute Gasteiger partial charge is 0.122 e. The van der Waals surface area contributed by atoms with E-state index >= 15 is 0 Å². The van der Waals surface area contributed by atoms with Gasteiger partial charge in [0.05, 0.1) is 0 Å². The lowest BCUT2D eigenvalue weighted by molar-refractivity contribution is 1.38. The second kappa shape index (κ2) is 4.82. The van der Waals surface area contributed by atoms with Crippen LogP contribution in [0.4, 0.5) is 0 Å². The van der Waals surface area contributed by atoms with Crippen LogP contribution in [0.5, 0.6) is 0 Å². The van der Waals surface area contributed by atoms with Crippen LogP contribution in [0.2, 0.25) is 0 Å². The molecule has 0 spiro atoms. The fourth-order valence-corrected chi connectivity index (χ4v) is 2.20. The molecule has 2 aromatic rings. The molecule has 0 heterocycles.